The number of hydrogen-bond acceptors (Lipinski definition) is 3. The Morgan fingerprint density at radius 2 is 2.08 bits per heavy atom. The molecule has 1 saturated heterocycles. The van der Waals surface area contributed by atoms with Crippen LogP contribution in [-0.4, -0.2) is 44.6 Å². The molecule has 1 aromatic carbocycles. The Kier molecular flexibility index (Phi) is 5.02. The highest BCUT2D eigenvalue weighted by Gasteiger charge is 2.29. The average molecular weight is 342 g/mol. The van der Waals surface area contributed by atoms with E-state index in [-0.39, 0.29) is 18.6 Å². The van der Waals surface area contributed by atoms with Crippen molar-refractivity contribution in [3.8, 4) is 5.69 Å². The lowest BCUT2D eigenvalue weighted by Crippen LogP contribution is -2.47. The molecule has 7 heteroatoms. The van der Waals surface area contributed by atoms with Crippen LogP contribution < -0.4 is 5.32 Å². The summed E-state index contributed by atoms with van der Waals surface area (Å²) in [5.74, 6) is -0.599. The number of para-hydroxylation sites is 1. The van der Waals surface area contributed by atoms with Crippen molar-refractivity contribution in [2.75, 3.05) is 13.1 Å². The second-order valence-corrected chi connectivity index (χ2v) is 6.29. The van der Waals surface area contributed by atoms with Crippen molar-refractivity contribution in [2.24, 2.45) is 5.92 Å². The number of imidazole rings is 1. The summed E-state index contributed by atoms with van der Waals surface area (Å²) in [5, 5.41) is 12.1. The molecule has 1 aromatic heterocycles. The fraction of sp³-hybridized carbons (Fsp3) is 0.389. The monoisotopic (exact) mass is 342 g/mol. The molecule has 7 nitrogen and oxygen atoms in total. The van der Waals surface area contributed by atoms with Crippen molar-refractivity contribution in [1.82, 2.24) is 19.8 Å². The number of rotatable bonds is 4. The van der Waals surface area contributed by atoms with Crippen molar-refractivity contribution in [3.63, 3.8) is 0 Å². The van der Waals surface area contributed by atoms with Crippen molar-refractivity contribution >= 4 is 12.0 Å². The van der Waals surface area contributed by atoms with E-state index in [2.05, 4.69) is 10.3 Å². The fourth-order valence-electron chi connectivity index (χ4n) is 3.15. The molecule has 0 radical (unpaired) electrons. The van der Waals surface area contributed by atoms with Gasteiger partial charge in [0.2, 0.25) is 0 Å². The van der Waals surface area contributed by atoms with Gasteiger partial charge in [-0.2, -0.15) is 0 Å². The predicted molar refractivity (Wildman–Crippen MR) is 92.4 cm³/mol. The van der Waals surface area contributed by atoms with Gasteiger partial charge in [-0.05, 0) is 31.9 Å². The van der Waals surface area contributed by atoms with Gasteiger partial charge in [-0.25, -0.2) is 9.78 Å². The first-order valence-electron chi connectivity index (χ1n) is 8.43. The molecule has 2 atom stereocenters. The van der Waals surface area contributed by atoms with Gasteiger partial charge in [0.25, 0.3) is 0 Å². The molecule has 2 amide bonds. The zero-order valence-corrected chi connectivity index (χ0v) is 14.1. The molecule has 2 heterocycles. The Bertz CT molecular complexity index is 744. The van der Waals surface area contributed by atoms with Gasteiger partial charge < -0.3 is 19.9 Å². The van der Waals surface area contributed by atoms with Crippen LogP contribution in [0.25, 0.3) is 5.69 Å². The largest absolute Gasteiger partial charge is 0.481 e. The Morgan fingerprint density at radius 1 is 1.32 bits per heavy atom. The standard InChI is InChI=1S/C18H22N4O3/c1-13(16-19-9-11-22(16)15-7-3-2-4-8-15)20-18(25)21-10-5-6-14(12-21)17(23)24/h2-4,7-9,11,13-14H,5-6,10,12H2,1H3,(H,20,25)(H,23,24). The SMILES string of the molecule is CC(NC(=O)N1CCCC(C(=O)O)C1)c1nccn1-c1ccccc1. The van der Waals surface area contributed by atoms with Crippen molar-refractivity contribution in [2.45, 2.75) is 25.8 Å². The van der Waals surface area contributed by atoms with Gasteiger partial charge in [-0.3, -0.25) is 4.79 Å². The second kappa shape index (κ2) is 7.38. The lowest BCUT2D eigenvalue weighted by molar-refractivity contribution is -0.143. The summed E-state index contributed by atoms with van der Waals surface area (Å²) in [6, 6.07) is 9.24. The maximum atomic E-state index is 12.5. The van der Waals surface area contributed by atoms with E-state index in [0.29, 0.717) is 19.4 Å². The molecule has 132 valence electrons. The minimum atomic E-state index is -0.842. The molecule has 2 N–H and O–H groups in total. The van der Waals surface area contributed by atoms with E-state index in [1.165, 1.54) is 0 Å². The maximum Gasteiger partial charge on any atom is 0.318 e. The Hall–Kier alpha value is -2.83. The molecule has 0 saturated carbocycles. The molecular weight excluding hydrogens is 320 g/mol. The van der Waals surface area contributed by atoms with Gasteiger partial charge in [-0.15, -0.1) is 0 Å². The van der Waals surface area contributed by atoms with E-state index in [1.54, 1.807) is 11.1 Å². The normalized spacial score (nSPS) is 18.6. The topological polar surface area (TPSA) is 87.5 Å². The highest BCUT2D eigenvalue weighted by atomic mass is 16.4. The summed E-state index contributed by atoms with van der Waals surface area (Å²) >= 11 is 0. The maximum absolute atomic E-state index is 12.5. The highest BCUT2D eigenvalue weighted by Crippen LogP contribution is 2.19. The molecule has 25 heavy (non-hydrogen) atoms. The molecule has 1 aliphatic rings. The number of hydrogen-bond donors (Lipinski definition) is 2. The molecule has 0 spiro atoms. The second-order valence-electron chi connectivity index (χ2n) is 6.29. The van der Waals surface area contributed by atoms with E-state index in [0.717, 1.165) is 11.5 Å². The molecule has 0 aliphatic carbocycles. The number of carbonyl (C=O) groups excluding carboxylic acids is 1. The average Bonchev–Trinajstić information content (AvgIpc) is 3.12. The third-order valence-electron chi connectivity index (χ3n) is 4.49. The van der Waals surface area contributed by atoms with Crippen LogP contribution in [0.4, 0.5) is 4.79 Å². The molecule has 0 bridgehead atoms. The summed E-state index contributed by atoms with van der Waals surface area (Å²) in [7, 11) is 0. The first-order valence-corrected chi connectivity index (χ1v) is 8.43. The third-order valence-corrected chi connectivity index (χ3v) is 4.49. The first-order chi connectivity index (χ1) is 12.1. The van der Waals surface area contributed by atoms with Crippen LogP contribution in [0, 0.1) is 5.92 Å². The summed E-state index contributed by atoms with van der Waals surface area (Å²) in [5.41, 5.74) is 0.972. The van der Waals surface area contributed by atoms with Crippen molar-refractivity contribution in [1.29, 1.82) is 0 Å². The van der Waals surface area contributed by atoms with Gasteiger partial charge in [0, 0.05) is 31.2 Å². The zero-order chi connectivity index (χ0) is 17.8. The number of benzene rings is 1. The van der Waals surface area contributed by atoms with Gasteiger partial charge >= 0.3 is 12.0 Å². The van der Waals surface area contributed by atoms with Gasteiger partial charge in [0.05, 0.1) is 12.0 Å². The summed E-state index contributed by atoms with van der Waals surface area (Å²) in [6.07, 6.45) is 4.88. The first kappa shape index (κ1) is 17.0. The number of aliphatic carboxylic acids is 1. The molecule has 2 unspecified atom stereocenters. The van der Waals surface area contributed by atoms with Gasteiger partial charge in [0.15, 0.2) is 0 Å². The minimum absolute atomic E-state index is 0.249. The molecule has 3 rings (SSSR count). The van der Waals surface area contributed by atoms with Crippen molar-refractivity contribution < 1.29 is 14.7 Å². The van der Waals surface area contributed by atoms with Gasteiger partial charge in [0.1, 0.15) is 5.82 Å². The fourth-order valence-corrected chi connectivity index (χ4v) is 3.15. The lowest BCUT2D eigenvalue weighted by Gasteiger charge is -2.31. The van der Waals surface area contributed by atoms with Gasteiger partial charge in [-0.1, -0.05) is 18.2 Å². The smallest absolute Gasteiger partial charge is 0.318 e. The Labute approximate surface area is 146 Å². The van der Waals surface area contributed by atoms with Crippen LogP contribution in [0.1, 0.15) is 31.6 Å². The number of urea groups is 1. The third kappa shape index (κ3) is 3.81. The number of carbonyl (C=O) groups is 2. The van der Waals surface area contributed by atoms with E-state index < -0.39 is 11.9 Å². The summed E-state index contributed by atoms with van der Waals surface area (Å²) < 4.78 is 1.93. The van der Waals surface area contributed by atoms with E-state index >= 15 is 0 Å². The van der Waals surface area contributed by atoms with Crippen LogP contribution in [-0.2, 0) is 4.79 Å². The van der Waals surface area contributed by atoms with Crippen LogP contribution in [0.15, 0.2) is 42.7 Å². The minimum Gasteiger partial charge on any atom is -0.481 e. The van der Waals surface area contributed by atoms with Crippen LogP contribution in [0.3, 0.4) is 0 Å². The van der Waals surface area contributed by atoms with Crippen LogP contribution in [0.5, 0.6) is 0 Å². The zero-order valence-electron chi connectivity index (χ0n) is 14.1. The van der Waals surface area contributed by atoms with E-state index in [9.17, 15) is 9.59 Å². The van der Waals surface area contributed by atoms with E-state index in [1.807, 2.05) is 48.0 Å². The number of nitrogens with zero attached hydrogens (tertiary/aromatic N) is 3. The number of piperidine rings is 1. The highest BCUT2D eigenvalue weighted by molar-refractivity contribution is 5.76. The number of carboxylic acid groups (broad SMARTS) is 1. The van der Waals surface area contributed by atoms with Crippen LogP contribution in [0.2, 0.25) is 0 Å². The van der Waals surface area contributed by atoms with Crippen molar-refractivity contribution in [3.05, 3.63) is 48.5 Å². The number of amides is 2. The molecular formula is C18H22N4O3. The predicted octanol–water partition coefficient (Wildman–Crippen LogP) is 2.44. The Morgan fingerprint density at radius 3 is 2.80 bits per heavy atom. The molecule has 1 aliphatic heterocycles. The number of aromatic nitrogens is 2. The summed E-state index contributed by atoms with van der Waals surface area (Å²) in [4.78, 5) is 29.6. The quantitative estimate of drug-likeness (QED) is 0.893. The molecule has 2 aromatic rings. The number of likely N-dealkylation sites (tertiary alicyclic amines) is 1. The number of nitrogens with one attached hydrogen (secondary N) is 1. The van der Waals surface area contributed by atoms with Crippen LogP contribution >= 0.6 is 0 Å². The number of carboxylic acids is 1. The summed E-state index contributed by atoms with van der Waals surface area (Å²) in [6.45, 7) is 2.70. The Balaban J connectivity index is 1.69. The lowest BCUT2D eigenvalue weighted by atomic mass is 9.99. The molecule has 1 fully saturated rings. The van der Waals surface area contributed by atoms with E-state index in [4.69, 9.17) is 5.11 Å².